The van der Waals surface area contributed by atoms with Crippen LogP contribution < -0.4 is 10.2 Å². The number of halogens is 1. The molecule has 0 amide bonds. The van der Waals surface area contributed by atoms with Crippen molar-refractivity contribution in [2.75, 3.05) is 37.4 Å². The molecule has 1 aromatic rings. The van der Waals surface area contributed by atoms with Crippen molar-refractivity contribution in [1.82, 2.24) is 19.9 Å². The lowest BCUT2D eigenvalue weighted by molar-refractivity contribution is 0.169. The molecule has 1 fully saturated rings. The summed E-state index contributed by atoms with van der Waals surface area (Å²) in [5, 5.41) is 3.12. The second-order valence-electron chi connectivity index (χ2n) is 4.75. The summed E-state index contributed by atoms with van der Waals surface area (Å²) < 4.78 is 0. The highest BCUT2D eigenvalue weighted by molar-refractivity contribution is 6.28. The average molecular weight is 271 g/mol. The van der Waals surface area contributed by atoms with E-state index in [9.17, 15) is 0 Å². The minimum Gasteiger partial charge on any atom is -0.357 e. The topological polar surface area (TPSA) is 57.2 Å². The lowest BCUT2D eigenvalue weighted by Crippen LogP contribution is -2.55. The first-order chi connectivity index (χ1) is 8.51. The Morgan fingerprint density at radius 1 is 1.17 bits per heavy atom. The van der Waals surface area contributed by atoms with Crippen LogP contribution in [0.5, 0.6) is 0 Å². The number of nitrogens with zero attached hydrogens (tertiary/aromatic N) is 5. The van der Waals surface area contributed by atoms with Gasteiger partial charge < -0.3 is 10.2 Å². The van der Waals surface area contributed by atoms with Gasteiger partial charge in [-0.15, -0.1) is 0 Å². The first-order valence-corrected chi connectivity index (χ1v) is 6.45. The van der Waals surface area contributed by atoms with Crippen LogP contribution in [0.3, 0.4) is 0 Å². The van der Waals surface area contributed by atoms with E-state index in [1.807, 2.05) is 0 Å². The largest absolute Gasteiger partial charge is 0.357 e. The first-order valence-electron chi connectivity index (χ1n) is 6.07. The van der Waals surface area contributed by atoms with Crippen molar-refractivity contribution >= 4 is 23.5 Å². The number of hydrogen-bond acceptors (Lipinski definition) is 6. The lowest BCUT2D eigenvalue weighted by Gasteiger charge is -2.42. The molecule has 7 heteroatoms. The van der Waals surface area contributed by atoms with Gasteiger partial charge in [0.1, 0.15) is 0 Å². The van der Waals surface area contributed by atoms with Gasteiger partial charge in [-0.05, 0) is 32.5 Å². The number of rotatable bonds is 2. The molecule has 2 heterocycles. The number of likely N-dealkylation sites (N-methyl/N-ethyl adjacent to an activating group) is 1. The molecule has 2 rings (SSSR count). The van der Waals surface area contributed by atoms with Gasteiger partial charge in [-0.3, -0.25) is 4.90 Å². The van der Waals surface area contributed by atoms with Crippen molar-refractivity contribution in [3.05, 3.63) is 5.28 Å². The molecule has 0 spiro atoms. The summed E-state index contributed by atoms with van der Waals surface area (Å²) >= 11 is 5.91. The molecule has 100 valence electrons. The van der Waals surface area contributed by atoms with Gasteiger partial charge in [0.15, 0.2) is 0 Å². The molecule has 0 bridgehead atoms. The van der Waals surface area contributed by atoms with Crippen molar-refractivity contribution in [2.45, 2.75) is 25.9 Å². The molecule has 0 aliphatic carbocycles. The summed E-state index contributed by atoms with van der Waals surface area (Å²) in [7, 11) is 3.91. The zero-order valence-corrected chi connectivity index (χ0v) is 11.9. The van der Waals surface area contributed by atoms with E-state index < -0.39 is 0 Å². The number of aromatic nitrogens is 3. The van der Waals surface area contributed by atoms with Crippen LogP contribution in [0.2, 0.25) is 5.28 Å². The van der Waals surface area contributed by atoms with Crippen LogP contribution in [0.4, 0.5) is 11.9 Å². The third kappa shape index (κ3) is 2.64. The molecule has 0 radical (unpaired) electrons. The standard InChI is InChI=1S/C11H19ClN6/c1-7-5-18(6-8(2)17(7)4)11-15-9(12)14-10(13-3)16-11/h7-8H,5-6H2,1-4H3,(H,13,14,15,16). The highest BCUT2D eigenvalue weighted by Crippen LogP contribution is 2.20. The zero-order chi connectivity index (χ0) is 13.3. The Morgan fingerprint density at radius 2 is 1.78 bits per heavy atom. The van der Waals surface area contributed by atoms with E-state index in [-0.39, 0.29) is 5.28 Å². The van der Waals surface area contributed by atoms with Gasteiger partial charge in [-0.1, -0.05) is 0 Å². The normalized spacial score (nSPS) is 25.3. The Kier molecular flexibility index (Phi) is 3.87. The molecular formula is C11H19ClN6. The molecule has 2 atom stereocenters. The minimum atomic E-state index is 0.226. The summed E-state index contributed by atoms with van der Waals surface area (Å²) in [5.41, 5.74) is 0. The van der Waals surface area contributed by atoms with Crippen molar-refractivity contribution in [1.29, 1.82) is 0 Å². The molecule has 0 aromatic carbocycles. The van der Waals surface area contributed by atoms with E-state index in [4.69, 9.17) is 11.6 Å². The molecule has 1 aliphatic heterocycles. The van der Waals surface area contributed by atoms with Gasteiger partial charge >= 0.3 is 0 Å². The van der Waals surface area contributed by atoms with Crippen LogP contribution in [0.25, 0.3) is 0 Å². The van der Waals surface area contributed by atoms with Crippen LogP contribution >= 0.6 is 11.6 Å². The third-order valence-electron chi connectivity index (χ3n) is 3.46. The van der Waals surface area contributed by atoms with Gasteiger partial charge in [0.25, 0.3) is 0 Å². The summed E-state index contributed by atoms with van der Waals surface area (Å²) in [6.45, 7) is 6.18. The highest BCUT2D eigenvalue weighted by atomic mass is 35.5. The molecular weight excluding hydrogens is 252 g/mol. The van der Waals surface area contributed by atoms with Gasteiger partial charge in [0.2, 0.25) is 17.2 Å². The second-order valence-corrected chi connectivity index (χ2v) is 5.08. The number of hydrogen-bond donors (Lipinski definition) is 1. The molecule has 1 aliphatic rings. The summed E-state index contributed by atoms with van der Waals surface area (Å²) in [5.74, 6) is 1.15. The van der Waals surface area contributed by atoms with Crippen molar-refractivity contribution in [2.24, 2.45) is 0 Å². The van der Waals surface area contributed by atoms with E-state index in [1.165, 1.54) is 0 Å². The maximum absolute atomic E-state index is 5.91. The maximum Gasteiger partial charge on any atom is 0.231 e. The van der Waals surface area contributed by atoms with Crippen LogP contribution in [0.15, 0.2) is 0 Å². The van der Waals surface area contributed by atoms with Gasteiger partial charge in [0, 0.05) is 32.2 Å². The Hall–Kier alpha value is -1.14. The van der Waals surface area contributed by atoms with Crippen molar-refractivity contribution in [3.8, 4) is 0 Å². The van der Waals surface area contributed by atoms with Gasteiger partial charge in [-0.25, -0.2) is 0 Å². The summed E-state index contributed by atoms with van der Waals surface area (Å²) in [6.07, 6.45) is 0. The number of nitrogens with one attached hydrogen (secondary N) is 1. The second kappa shape index (κ2) is 5.24. The fourth-order valence-electron chi connectivity index (χ4n) is 2.16. The van der Waals surface area contributed by atoms with Gasteiger partial charge in [-0.2, -0.15) is 15.0 Å². The van der Waals surface area contributed by atoms with E-state index >= 15 is 0 Å². The summed E-state index contributed by atoms with van der Waals surface area (Å²) in [6, 6.07) is 0.921. The van der Waals surface area contributed by atoms with E-state index in [2.05, 4.69) is 51.0 Å². The molecule has 0 saturated carbocycles. The maximum atomic E-state index is 5.91. The van der Waals surface area contributed by atoms with Crippen LogP contribution in [-0.2, 0) is 0 Å². The molecule has 18 heavy (non-hydrogen) atoms. The van der Waals surface area contributed by atoms with Crippen LogP contribution in [0.1, 0.15) is 13.8 Å². The Morgan fingerprint density at radius 3 is 2.33 bits per heavy atom. The lowest BCUT2D eigenvalue weighted by atomic mass is 10.1. The molecule has 1 aromatic heterocycles. The molecule has 1 N–H and O–H groups in total. The summed E-state index contributed by atoms with van der Waals surface area (Å²) in [4.78, 5) is 17.1. The smallest absolute Gasteiger partial charge is 0.231 e. The fourth-order valence-corrected chi connectivity index (χ4v) is 2.32. The minimum absolute atomic E-state index is 0.226. The Balaban J connectivity index is 2.23. The monoisotopic (exact) mass is 270 g/mol. The van der Waals surface area contributed by atoms with Crippen LogP contribution in [-0.4, -0.2) is 59.1 Å². The average Bonchev–Trinajstić information content (AvgIpc) is 2.34. The van der Waals surface area contributed by atoms with Gasteiger partial charge in [0.05, 0.1) is 0 Å². The van der Waals surface area contributed by atoms with E-state index in [0.29, 0.717) is 24.0 Å². The molecule has 6 nitrogen and oxygen atoms in total. The van der Waals surface area contributed by atoms with Crippen molar-refractivity contribution < 1.29 is 0 Å². The van der Waals surface area contributed by atoms with E-state index in [1.54, 1.807) is 7.05 Å². The predicted molar refractivity (Wildman–Crippen MR) is 73.3 cm³/mol. The SMILES string of the molecule is CNc1nc(Cl)nc(N2CC(C)N(C)C(C)C2)n1. The van der Waals surface area contributed by atoms with Crippen LogP contribution in [0, 0.1) is 0 Å². The number of anilines is 2. The quantitative estimate of drug-likeness (QED) is 0.868. The Bertz CT molecular complexity index is 414. The first kappa shape index (κ1) is 13.3. The van der Waals surface area contributed by atoms with E-state index in [0.717, 1.165) is 13.1 Å². The molecule has 1 saturated heterocycles. The zero-order valence-electron chi connectivity index (χ0n) is 11.2. The fraction of sp³-hybridized carbons (Fsp3) is 0.727. The Labute approximate surface area is 112 Å². The number of piperazine rings is 1. The highest BCUT2D eigenvalue weighted by Gasteiger charge is 2.28. The van der Waals surface area contributed by atoms with Crippen molar-refractivity contribution in [3.63, 3.8) is 0 Å². The third-order valence-corrected chi connectivity index (χ3v) is 3.63. The predicted octanol–water partition coefficient (Wildman–Crippen LogP) is 1.10. The molecule has 2 unspecified atom stereocenters.